The zero-order valence-corrected chi connectivity index (χ0v) is 13.3. The number of aromatic nitrogens is 2. The summed E-state index contributed by atoms with van der Waals surface area (Å²) in [6.07, 6.45) is 0. The molecule has 0 unspecified atom stereocenters. The van der Waals surface area contributed by atoms with Crippen molar-refractivity contribution in [3.8, 4) is 0 Å². The predicted molar refractivity (Wildman–Crippen MR) is 81.7 cm³/mol. The molecule has 0 spiro atoms. The zero-order valence-electron chi connectivity index (χ0n) is 11.7. The van der Waals surface area contributed by atoms with Crippen LogP contribution in [0.15, 0.2) is 33.5 Å². The molecule has 3 nitrogen and oxygen atoms in total. The standard InChI is InChI=1S/C15H19BrN2O/c1-10-7-5-6-8-11(10)9-18-14(19)12(16)13(17-18)15(2,3)4/h5-8,17H,9H2,1-4H3. The molecule has 0 saturated carbocycles. The third-order valence-corrected chi connectivity index (χ3v) is 3.97. The van der Waals surface area contributed by atoms with Crippen LogP contribution in [0.25, 0.3) is 0 Å². The molecule has 0 aliphatic carbocycles. The second-order valence-electron chi connectivity index (χ2n) is 5.87. The summed E-state index contributed by atoms with van der Waals surface area (Å²) < 4.78 is 2.29. The Balaban J connectivity index is 2.43. The van der Waals surface area contributed by atoms with Crippen molar-refractivity contribution in [2.75, 3.05) is 0 Å². The molecule has 0 aliphatic rings. The van der Waals surface area contributed by atoms with Crippen molar-refractivity contribution in [2.45, 2.75) is 39.7 Å². The molecule has 1 N–H and O–H groups in total. The van der Waals surface area contributed by atoms with Gasteiger partial charge in [0.05, 0.1) is 12.2 Å². The van der Waals surface area contributed by atoms with E-state index in [1.165, 1.54) is 5.56 Å². The number of aromatic amines is 1. The van der Waals surface area contributed by atoms with E-state index in [4.69, 9.17) is 0 Å². The van der Waals surface area contributed by atoms with Crippen LogP contribution in [0.1, 0.15) is 37.6 Å². The summed E-state index contributed by atoms with van der Waals surface area (Å²) in [5.41, 5.74) is 3.19. The third kappa shape index (κ3) is 2.84. The summed E-state index contributed by atoms with van der Waals surface area (Å²) in [5, 5.41) is 3.22. The molecule has 0 amide bonds. The Hall–Kier alpha value is -1.29. The van der Waals surface area contributed by atoms with Crippen molar-refractivity contribution in [1.29, 1.82) is 0 Å². The molecule has 2 aromatic rings. The minimum atomic E-state index is -0.0883. The lowest BCUT2D eigenvalue weighted by atomic mass is 9.93. The lowest BCUT2D eigenvalue weighted by Crippen LogP contribution is -2.18. The smallest absolute Gasteiger partial charge is 0.281 e. The van der Waals surface area contributed by atoms with E-state index >= 15 is 0 Å². The highest BCUT2D eigenvalue weighted by molar-refractivity contribution is 9.10. The summed E-state index contributed by atoms with van der Waals surface area (Å²) in [6.45, 7) is 8.88. The molecular formula is C15H19BrN2O. The van der Waals surface area contributed by atoms with Crippen molar-refractivity contribution in [3.05, 3.63) is 55.9 Å². The molecule has 0 fully saturated rings. The van der Waals surface area contributed by atoms with Crippen molar-refractivity contribution < 1.29 is 0 Å². The monoisotopic (exact) mass is 322 g/mol. The van der Waals surface area contributed by atoms with E-state index in [0.29, 0.717) is 11.0 Å². The normalized spacial score (nSPS) is 11.8. The summed E-state index contributed by atoms with van der Waals surface area (Å²) in [4.78, 5) is 12.2. The zero-order chi connectivity index (χ0) is 14.2. The highest BCUT2D eigenvalue weighted by Crippen LogP contribution is 2.25. The molecule has 2 rings (SSSR count). The quantitative estimate of drug-likeness (QED) is 0.901. The SMILES string of the molecule is Cc1ccccc1Cn1[nH]c(C(C)(C)C)c(Br)c1=O. The summed E-state index contributed by atoms with van der Waals surface area (Å²) in [7, 11) is 0. The van der Waals surface area contributed by atoms with Crippen LogP contribution < -0.4 is 5.56 Å². The predicted octanol–water partition coefficient (Wildman–Crippen LogP) is 3.59. The maximum absolute atomic E-state index is 12.2. The number of hydrogen-bond acceptors (Lipinski definition) is 1. The minimum absolute atomic E-state index is 0.00632. The number of H-pyrrole nitrogens is 1. The molecule has 0 radical (unpaired) electrons. The van der Waals surface area contributed by atoms with E-state index in [9.17, 15) is 4.79 Å². The van der Waals surface area contributed by atoms with Gasteiger partial charge in [-0.05, 0) is 34.0 Å². The molecule has 102 valence electrons. The number of rotatable bonds is 2. The van der Waals surface area contributed by atoms with Crippen LogP contribution >= 0.6 is 15.9 Å². The molecule has 19 heavy (non-hydrogen) atoms. The van der Waals surface area contributed by atoms with Crippen LogP contribution in [0.4, 0.5) is 0 Å². The Morgan fingerprint density at radius 2 is 1.89 bits per heavy atom. The summed E-state index contributed by atoms with van der Waals surface area (Å²) in [6, 6.07) is 8.11. The molecule has 1 heterocycles. The molecule has 1 aromatic carbocycles. The average Bonchev–Trinajstić information content (AvgIpc) is 2.60. The second kappa shape index (κ2) is 5.00. The van der Waals surface area contributed by atoms with E-state index in [0.717, 1.165) is 11.3 Å². The maximum Gasteiger partial charge on any atom is 0.281 e. The molecular weight excluding hydrogens is 304 g/mol. The van der Waals surface area contributed by atoms with Gasteiger partial charge >= 0.3 is 0 Å². The van der Waals surface area contributed by atoms with Crippen LogP contribution in [0.5, 0.6) is 0 Å². The lowest BCUT2D eigenvalue weighted by molar-refractivity contribution is 0.541. The molecule has 0 aliphatic heterocycles. The van der Waals surface area contributed by atoms with Crippen molar-refractivity contribution in [3.63, 3.8) is 0 Å². The summed E-state index contributed by atoms with van der Waals surface area (Å²) >= 11 is 3.40. The van der Waals surface area contributed by atoms with Gasteiger partial charge in [0.1, 0.15) is 4.47 Å². The van der Waals surface area contributed by atoms with Gasteiger partial charge in [-0.15, -0.1) is 0 Å². The number of halogens is 1. The van der Waals surface area contributed by atoms with Gasteiger partial charge in [0.15, 0.2) is 0 Å². The van der Waals surface area contributed by atoms with Gasteiger partial charge in [0.2, 0.25) is 0 Å². The molecule has 4 heteroatoms. The van der Waals surface area contributed by atoms with Crippen LogP contribution in [-0.4, -0.2) is 9.78 Å². The van der Waals surface area contributed by atoms with Crippen LogP contribution in [0.2, 0.25) is 0 Å². The Labute approximate surface area is 121 Å². The lowest BCUT2D eigenvalue weighted by Gasteiger charge is -2.16. The topological polar surface area (TPSA) is 37.8 Å². The molecule has 0 saturated heterocycles. The van der Waals surface area contributed by atoms with Gasteiger partial charge < -0.3 is 0 Å². The fourth-order valence-corrected chi connectivity index (χ4v) is 2.92. The van der Waals surface area contributed by atoms with Gasteiger partial charge in [-0.3, -0.25) is 9.89 Å². The maximum atomic E-state index is 12.2. The van der Waals surface area contributed by atoms with Crippen LogP contribution in [0, 0.1) is 6.92 Å². The first-order valence-corrected chi connectivity index (χ1v) is 7.13. The van der Waals surface area contributed by atoms with Crippen LogP contribution in [0.3, 0.4) is 0 Å². The first-order chi connectivity index (χ1) is 8.80. The van der Waals surface area contributed by atoms with Gasteiger partial charge in [-0.25, -0.2) is 4.68 Å². The Morgan fingerprint density at radius 1 is 1.26 bits per heavy atom. The minimum Gasteiger partial charge on any atom is -0.298 e. The second-order valence-corrected chi connectivity index (χ2v) is 6.66. The number of aryl methyl sites for hydroxylation is 1. The Bertz CT molecular complexity index is 647. The fraction of sp³-hybridized carbons (Fsp3) is 0.400. The van der Waals surface area contributed by atoms with Gasteiger partial charge in [-0.2, -0.15) is 0 Å². The average molecular weight is 323 g/mol. The molecule has 0 bridgehead atoms. The van der Waals surface area contributed by atoms with E-state index in [1.807, 2.05) is 18.2 Å². The van der Waals surface area contributed by atoms with Crippen molar-refractivity contribution in [1.82, 2.24) is 9.78 Å². The van der Waals surface area contributed by atoms with E-state index in [1.54, 1.807) is 4.68 Å². The van der Waals surface area contributed by atoms with E-state index < -0.39 is 0 Å². The van der Waals surface area contributed by atoms with Crippen molar-refractivity contribution in [2.24, 2.45) is 0 Å². The highest BCUT2D eigenvalue weighted by atomic mass is 79.9. The Morgan fingerprint density at radius 3 is 2.42 bits per heavy atom. The fourth-order valence-electron chi connectivity index (χ4n) is 2.03. The van der Waals surface area contributed by atoms with Crippen LogP contribution in [-0.2, 0) is 12.0 Å². The van der Waals surface area contributed by atoms with E-state index in [2.05, 4.69) is 54.8 Å². The van der Waals surface area contributed by atoms with Gasteiger partial charge in [0.25, 0.3) is 5.56 Å². The van der Waals surface area contributed by atoms with Gasteiger partial charge in [0, 0.05) is 5.41 Å². The molecule has 0 atom stereocenters. The first kappa shape index (κ1) is 14.1. The third-order valence-electron chi connectivity index (χ3n) is 3.24. The number of hydrogen-bond donors (Lipinski definition) is 1. The highest BCUT2D eigenvalue weighted by Gasteiger charge is 2.23. The number of benzene rings is 1. The molecule has 1 aromatic heterocycles. The first-order valence-electron chi connectivity index (χ1n) is 6.34. The summed E-state index contributed by atoms with van der Waals surface area (Å²) in [5.74, 6) is 0. The Kier molecular flexibility index (Phi) is 3.72. The van der Waals surface area contributed by atoms with Gasteiger partial charge in [-0.1, -0.05) is 45.0 Å². The van der Waals surface area contributed by atoms with E-state index in [-0.39, 0.29) is 11.0 Å². The largest absolute Gasteiger partial charge is 0.298 e. The number of nitrogens with one attached hydrogen (secondary N) is 1. The van der Waals surface area contributed by atoms with Crippen molar-refractivity contribution >= 4 is 15.9 Å². The number of nitrogens with zero attached hydrogens (tertiary/aromatic N) is 1.